The molecule has 0 saturated heterocycles. The molecule has 3 heterocycles. The predicted octanol–water partition coefficient (Wildman–Crippen LogP) is 8.66. The van der Waals surface area contributed by atoms with E-state index in [1.165, 1.54) is 55.5 Å². The smallest absolute Gasteiger partial charge is 0.177 e. The van der Waals surface area contributed by atoms with Crippen molar-refractivity contribution in [3.8, 4) is 45.4 Å². The number of rotatable bonds is 4. The average Bonchev–Trinajstić information content (AvgIpc) is 3.44. The van der Waals surface area contributed by atoms with E-state index in [4.69, 9.17) is 19.4 Å². The van der Waals surface area contributed by atoms with Gasteiger partial charge in [0.2, 0.25) is 0 Å². The Balaban J connectivity index is 1.50. The van der Waals surface area contributed by atoms with E-state index in [9.17, 15) is 0 Å². The first-order valence-corrected chi connectivity index (χ1v) is 15.0. The maximum absolute atomic E-state index is 5.57. The molecular formula is C37H38N4O2. The van der Waals surface area contributed by atoms with Gasteiger partial charge in [-0.25, -0.2) is 9.97 Å². The number of hydrogen-bond donors (Lipinski definition) is 0. The van der Waals surface area contributed by atoms with Crippen LogP contribution in [0.3, 0.4) is 0 Å². The summed E-state index contributed by atoms with van der Waals surface area (Å²) in [6, 6.07) is 17.6. The number of imidazole rings is 2. The lowest BCUT2D eigenvalue weighted by Crippen LogP contribution is -2.00. The first-order valence-electron chi connectivity index (χ1n) is 15.0. The maximum Gasteiger partial charge on any atom is 0.177 e. The van der Waals surface area contributed by atoms with E-state index < -0.39 is 0 Å². The molecule has 0 aliphatic carbocycles. The second kappa shape index (κ2) is 10.0. The summed E-state index contributed by atoms with van der Waals surface area (Å²) in [4.78, 5) is 10.8. The SMILES string of the molecule is COc1cc(C)c(-c2cc(C)cc3c2nc2n3CCCn3c-2nc2c(-c4c(C)cc(OC)cc4C)cc(C)cc23)c(C)c1. The van der Waals surface area contributed by atoms with E-state index in [2.05, 4.69) is 99.2 Å². The monoisotopic (exact) mass is 570 g/mol. The molecule has 6 nitrogen and oxygen atoms in total. The molecule has 6 heteroatoms. The van der Waals surface area contributed by atoms with Gasteiger partial charge in [0.15, 0.2) is 11.6 Å². The first kappa shape index (κ1) is 27.3. The maximum atomic E-state index is 5.57. The zero-order chi connectivity index (χ0) is 30.2. The Morgan fingerprint density at radius 3 is 1.26 bits per heavy atom. The molecule has 43 heavy (non-hydrogen) atoms. The summed E-state index contributed by atoms with van der Waals surface area (Å²) in [6.45, 7) is 14.8. The van der Waals surface area contributed by atoms with Gasteiger partial charge in [-0.2, -0.15) is 0 Å². The summed E-state index contributed by atoms with van der Waals surface area (Å²) < 4.78 is 15.9. The lowest BCUT2D eigenvalue weighted by atomic mass is 9.93. The van der Waals surface area contributed by atoms with Gasteiger partial charge in [-0.05, 0) is 141 Å². The van der Waals surface area contributed by atoms with Crippen LogP contribution in [0, 0.1) is 41.5 Å². The highest BCUT2D eigenvalue weighted by Crippen LogP contribution is 2.41. The lowest BCUT2D eigenvalue weighted by Gasteiger charge is -2.14. The van der Waals surface area contributed by atoms with Crippen LogP contribution in [0.25, 0.3) is 56.0 Å². The Labute approximate surface area is 252 Å². The molecule has 6 aromatic rings. The molecule has 0 N–H and O–H groups in total. The molecule has 0 unspecified atom stereocenters. The molecule has 1 aliphatic heterocycles. The van der Waals surface area contributed by atoms with E-state index in [0.717, 1.165) is 64.8 Å². The molecule has 4 aromatic carbocycles. The van der Waals surface area contributed by atoms with Crippen LogP contribution in [-0.2, 0) is 13.1 Å². The third-order valence-corrected chi connectivity index (χ3v) is 8.98. The summed E-state index contributed by atoms with van der Waals surface area (Å²) in [5, 5.41) is 0. The normalized spacial score (nSPS) is 12.8. The van der Waals surface area contributed by atoms with Crippen molar-refractivity contribution in [2.75, 3.05) is 14.2 Å². The first-order chi connectivity index (χ1) is 20.7. The zero-order valence-corrected chi connectivity index (χ0v) is 26.3. The molecule has 218 valence electrons. The number of aromatic nitrogens is 4. The summed E-state index contributed by atoms with van der Waals surface area (Å²) in [7, 11) is 3.45. The van der Waals surface area contributed by atoms with Crippen molar-refractivity contribution >= 4 is 22.1 Å². The van der Waals surface area contributed by atoms with Crippen LogP contribution in [0.1, 0.15) is 39.8 Å². The molecule has 7 rings (SSSR count). The van der Waals surface area contributed by atoms with Gasteiger partial charge >= 0.3 is 0 Å². The van der Waals surface area contributed by atoms with Crippen molar-refractivity contribution in [1.29, 1.82) is 0 Å². The van der Waals surface area contributed by atoms with Gasteiger partial charge in [-0.3, -0.25) is 0 Å². The van der Waals surface area contributed by atoms with Gasteiger partial charge in [0.1, 0.15) is 11.5 Å². The van der Waals surface area contributed by atoms with Crippen LogP contribution in [0.4, 0.5) is 0 Å². The van der Waals surface area contributed by atoms with E-state index in [1.54, 1.807) is 14.2 Å². The van der Waals surface area contributed by atoms with E-state index >= 15 is 0 Å². The third kappa shape index (κ3) is 4.22. The van der Waals surface area contributed by atoms with Crippen molar-refractivity contribution in [2.45, 2.75) is 61.1 Å². The highest BCUT2D eigenvalue weighted by atomic mass is 16.5. The molecule has 1 aliphatic rings. The topological polar surface area (TPSA) is 54.1 Å². The highest BCUT2D eigenvalue weighted by molar-refractivity contribution is 5.99. The van der Waals surface area contributed by atoms with Crippen molar-refractivity contribution in [1.82, 2.24) is 19.1 Å². The Bertz CT molecular complexity index is 1900. The molecule has 0 amide bonds. The summed E-state index contributed by atoms with van der Waals surface area (Å²) in [6.07, 6.45) is 1.00. The van der Waals surface area contributed by atoms with Crippen LogP contribution >= 0.6 is 0 Å². The highest BCUT2D eigenvalue weighted by Gasteiger charge is 2.27. The number of ether oxygens (including phenoxy) is 2. The van der Waals surface area contributed by atoms with Gasteiger partial charge < -0.3 is 18.6 Å². The van der Waals surface area contributed by atoms with Crippen LogP contribution in [0.5, 0.6) is 11.5 Å². The predicted molar refractivity (Wildman–Crippen MR) is 175 cm³/mol. The van der Waals surface area contributed by atoms with Gasteiger partial charge in [0.05, 0.1) is 36.3 Å². The van der Waals surface area contributed by atoms with Gasteiger partial charge in [0, 0.05) is 24.2 Å². The van der Waals surface area contributed by atoms with Gasteiger partial charge in [-0.15, -0.1) is 0 Å². The molecule has 0 saturated carbocycles. The Kier molecular flexibility index (Phi) is 6.35. The Morgan fingerprint density at radius 1 is 0.535 bits per heavy atom. The summed E-state index contributed by atoms with van der Waals surface area (Å²) >= 11 is 0. The van der Waals surface area contributed by atoms with Crippen LogP contribution in [-0.4, -0.2) is 33.3 Å². The number of nitrogens with zero attached hydrogens (tertiary/aromatic N) is 4. The summed E-state index contributed by atoms with van der Waals surface area (Å²) in [5.41, 5.74) is 16.3. The van der Waals surface area contributed by atoms with E-state index in [-0.39, 0.29) is 0 Å². The van der Waals surface area contributed by atoms with Gasteiger partial charge in [0.25, 0.3) is 0 Å². The minimum absolute atomic E-state index is 0.880. The fourth-order valence-electron chi connectivity index (χ4n) is 7.22. The number of methoxy groups -OCH3 is 2. The fourth-order valence-corrected chi connectivity index (χ4v) is 7.22. The van der Waals surface area contributed by atoms with Crippen LogP contribution in [0.2, 0.25) is 0 Å². The van der Waals surface area contributed by atoms with Crippen molar-refractivity contribution in [2.24, 2.45) is 0 Å². The number of aryl methyl sites for hydroxylation is 8. The minimum Gasteiger partial charge on any atom is -0.497 e. The van der Waals surface area contributed by atoms with Crippen LogP contribution < -0.4 is 9.47 Å². The van der Waals surface area contributed by atoms with Crippen LogP contribution in [0.15, 0.2) is 48.5 Å². The standard InChI is InChI=1S/C37H38N4O2/c1-20-12-28(32-22(3)16-26(42-7)17-23(32)4)34-30(14-20)40-10-9-11-41-31-15-21(2)13-29(35(31)39-37(41)36(40)38-34)33-24(5)18-27(43-8)19-25(33)6/h12-19H,9-11H2,1-8H3. The van der Waals surface area contributed by atoms with Crippen molar-refractivity contribution in [3.05, 3.63) is 81.9 Å². The van der Waals surface area contributed by atoms with E-state index in [0.29, 0.717) is 0 Å². The molecule has 0 spiro atoms. The number of hydrogen-bond acceptors (Lipinski definition) is 4. The van der Waals surface area contributed by atoms with Gasteiger partial charge in [-0.1, -0.05) is 0 Å². The number of fused-ring (bicyclic) bond motifs is 7. The molecule has 0 atom stereocenters. The second-order valence-electron chi connectivity index (χ2n) is 12.2. The van der Waals surface area contributed by atoms with E-state index in [1.807, 2.05) is 0 Å². The quantitative estimate of drug-likeness (QED) is 0.213. The van der Waals surface area contributed by atoms with Crippen molar-refractivity contribution in [3.63, 3.8) is 0 Å². The largest absolute Gasteiger partial charge is 0.497 e. The zero-order valence-electron chi connectivity index (χ0n) is 26.3. The molecule has 0 fully saturated rings. The average molecular weight is 571 g/mol. The fraction of sp³-hybridized carbons (Fsp3) is 0.297. The lowest BCUT2D eigenvalue weighted by molar-refractivity contribution is 0.414. The molecule has 0 bridgehead atoms. The van der Waals surface area contributed by atoms with Crippen molar-refractivity contribution < 1.29 is 9.47 Å². The second-order valence-corrected chi connectivity index (χ2v) is 12.2. The molecule has 2 aromatic heterocycles. The third-order valence-electron chi connectivity index (χ3n) is 8.98. The number of benzene rings is 4. The Hall–Kier alpha value is -4.58. The summed E-state index contributed by atoms with van der Waals surface area (Å²) in [5.74, 6) is 3.63. The Morgan fingerprint density at radius 2 is 0.907 bits per heavy atom. The molecule has 0 radical (unpaired) electrons. The molecular weight excluding hydrogens is 532 g/mol. The minimum atomic E-state index is 0.880.